The van der Waals surface area contributed by atoms with Gasteiger partial charge < -0.3 is 9.52 Å². The number of carboxylic acid groups (broad SMARTS) is 1. The summed E-state index contributed by atoms with van der Waals surface area (Å²) in [6, 6.07) is 7.70. The molecule has 0 unspecified atom stereocenters. The van der Waals surface area contributed by atoms with Crippen molar-refractivity contribution in [3.05, 3.63) is 42.0 Å². The molecule has 1 N–H and O–H groups in total. The monoisotopic (exact) mass is 338 g/mol. The van der Waals surface area contributed by atoms with Crippen LogP contribution >= 0.6 is 0 Å². The van der Waals surface area contributed by atoms with E-state index in [1.165, 1.54) is 30.3 Å². The molecule has 1 aromatic carbocycles. The lowest BCUT2D eigenvalue weighted by molar-refractivity contribution is -0.138. The highest BCUT2D eigenvalue weighted by Crippen LogP contribution is 2.38. The molecule has 3 rings (SSSR count). The van der Waals surface area contributed by atoms with Gasteiger partial charge in [0.1, 0.15) is 12.3 Å². The second kappa shape index (κ2) is 5.80. The average Bonchev–Trinajstić information content (AvgIpc) is 3.14. The van der Waals surface area contributed by atoms with Crippen molar-refractivity contribution >= 4 is 5.97 Å². The number of alkyl halides is 3. The van der Waals surface area contributed by atoms with E-state index in [9.17, 15) is 18.0 Å². The van der Waals surface area contributed by atoms with Gasteiger partial charge in [-0.25, -0.2) is 4.68 Å². The molecule has 0 bridgehead atoms. The van der Waals surface area contributed by atoms with Gasteiger partial charge in [-0.3, -0.25) is 4.79 Å². The molecule has 10 heteroatoms. The summed E-state index contributed by atoms with van der Waals surface area (Å²) in [6.45, 7) is -0.502. The molecule has 24 heavy (non-hydrogen) atoms. The second-order valence-electron chi connectivity index (χ2n) is 4.76. The van der Waals surface area contributed by atoms with Gasteiger partial charge in [0.25, 0.3) is 0 Å². The van der Waals surface area contributed by atoms with Crippen LogP contribution in [-0.2, 0) is 17.5 Å². The number of hydrogen-bond acceptors (Lipinski definition) is 5. The van der Waals surface area contributed by atoms with E-state index in [4.69, 9.17) is 9.52 Å². The Morgan fingerprint density at radius 3 is 2.58 bits per heavy atom. The van der Waals surface area contributed by atoms with E-state index >= 15 is 0 Å². The predicted molar refractivity (Wildman–Crippen MR) is 73.6 cm³/mol. The summed E-state index contributed by atoms with van der Waals surface area (Å²) in [6.07, 6.45) is -4.53. The van der Waals surface area contributed by atoms with Crippen LogP contribution in [0.2, 0.25) is 0 Å². The zero-order valence-electron chi connectivity index (χ0n) is 11.9. The zero-order valence-corrected chi connectivity index (χ0v) is 11.9. The summed E-state index contributed by atoms with van der Waals surface area (Å²) in [4.78, 5) is 10.8. The van der Waals surface area contributed by atoms with Crippen molar-refractivity contribution in [2.75, 3.05) is 0 Å². The number of nitrogens with zero attached hydrogens (tertiary/aromatic N) is 4. The van der Waals surface area contributed by atoms with Gasteiger partial charge in [0.2, 0.25) is 5.82 Å². The van der Waals surface area contributed by atoms with Crippen LogP contribution in [0.3, 0.4) is 0 Å². The van der Waals surface area contributed by atoms with Gasteiger partial charge in [0, 0.05) is 5.56 Å². The van der Waals surface area contributed by atoms with Crippen LogP contribution in [0.15, 0.2) is 40.8 Å². The van der Waals surface area contributed by atoms with Crippen LogP contribution in [0.5, 0.6) is 0 Å². The molecule has 2 aromatic heterocycles. The SMILES string of the molecule is O=C(O)Cn1nnnc1-c1ccc(-c2ccccc2C(F)(F)F)o1. The second-order valence-corrected chi connectivity index (χ2v) is 4.76. The van der Waals surface area contributed by atoms with E-state index in [2.05, 4.69) is 15.5 Å². The normalized spacial score (nSPS) is 11.6. The number of hydrogen-bond donors (Lipinski definition) is 1. The van der Waals surface area contributed by atoms with E-state index in [1.807, 2.05) is 0 Å². The largest absolute Gasteiger partial charge is 0.480 e. The van der Waals surface area contributed by atoms with Crippen LogP contribution < -0.4 is 0 Å². The number of furan rings is 1. The fraction of sp³-hybridized carbons (Fsp3) is 0.143. The third-order valence-corrected chi connectivity index (χ3v) is 3.14. The van der Waals surface area contributed by atoms with Gasteiger partial charge >= 0.3 is 12.1 Å². The van der Waals surface area contributed by atoms with Gasteiger partial charge in [0.05, 0.1) is 5.56 Å². The third-order valence-electron chi connectivity index (χ3n) is 3.14. The predicted octanol–water partition coefficient (Wildman–Crippen LogP) is 2.70. The highest BCUT2D eigenvalue weighted by molar-refractivity contribution is 5.68. The van der Waals surface area contributed by atoms with Crippen molar-refractivity contribution in [3.8, 4) is 22.9 Å². The fourth-order valence-electron chi connectivity index (χ4n) is 2.16. The molecule has 0 saturated carbocycles. The Hall–Kier alpha value is -3.17. The Bertz CT molecular complexity index is 885. The topological polar surface area (TPSA) is 94.0 Å². The van der Waals surface area contributed by atoms with Crippen molar-refractivity contribution in [3.63, 3.8) is 0 Å². The molecule has 0 saturated heterocycles. The molecule has 2 heterocycles. The number of carbonyl (C=O) groups is 1. The lowest BCUT2D eigenvalue weighted by Crippen LogP contribution is -2.11. The molecule has 0 fully saturated rings. The molecule has 0 aliphatic carbocycles. The maximum absolute atomic E-state index is 13.1. The van der Waals surface area contributed by atoms with E-state index in [0.29, 0.717) is 0 Å². The standard InChI is InChI=1S/C14H9F3N4O3/c15-14(16,17)9-4-2-1-3-8(9)10-5-6-11(24-10)13-18-19-20-21(13)7-12(22)23/h1-6H,7H2,(H,22,23). The van der Waals surface area contributed by atoms with Crippen molar-refractivity contribution < 1.29 is 27.5 Å². The summed E-state index contributed by atoms with van der Waals surface area (Å²) in [5.41, 5.74) is -0.968. The smallest absolute Gasteiger partial charge is 0.417 e. The first-order valence-electron chi connectivity index (χ1n) is 6.61. The summed E-state index contributed by atoms with van der Waals surface area (Å²) >= 11 is 0. The van der Waals surface area contributed by atoms with E-state index in [1.54, 1.807) is 0 Å². The van der Waals surface area contributed by atoms with Crippen molar-refractivity contribution in [1.82, 2.24) is 20.2 Å². The van der Waals surface area contributed by atoms with Crippen molar-refractivity contribution in [2.45, 2.75) is 12.7 Å². The van der Waals surface area contributed by atoms with Crippen LogP contribution in [0.25, 0.3) is 22.9 Å². The minimum atomic E-state index is -4.53. The maximum Gasteiger partial charge on any atom is 0.417 e. The number of carboxylic acids is 1. The molecule has 0 amide bonds. The molecule has 124 valence electrons. The molecule has 0 radical (unpaired) electrons. The lowest BCUT2D eigenvalue weighted by atomic mass is 10.1. The maximum atomic E-state index is 13.1. The summed E-state index contributed by atoms with van der Waals surface area (Å²) in [5.74, 6) is -1.12. The number of aliphatic carboxylic acids is 1. The molecule has 3 aromatic rings. The summed E-state index contributed by atoms with van der Waals surface area (Å²) < 4.78 is 45.6. The van der Waals surface area contributed by atoms with Crippen LogP contribution in [0.4, 0.5) is 13.2 Å². The first-order chi connectivity index (χ1) is 11.4. The van der Waals surface area contributed by atoms with E-state index < -0.39 is 24.3 Å². The van der Waals surface area contributed by atoms with Gasteiger partial charge in [0.15, 0.2) is 5.76 Å². The Morgan fingerprint density at radius 1 is 1.17 bits per heavy atom. The number of halogens is 3. The van der Waals surface area contributed by atoms with Gasteiger partial charge in [-0.15, -0.1) is 5.10 Å². The number of benzene rings is 1. The number of tetrazole rings is 1. The Morgan fingerprint density at radius 2 is 1.88 bits per heavy atom. The number of rotatable bonds is 4. The molecule has 7 nitrogen and oxygen atoms in total. The van der Waals surface area contributed by atoms with Gasteiger partial charge in [-0.2, -0.15) is 13.2 Å². The molecular weight excluding hydrogens is 329 g/mol. The quantitative estimate of drug-likeness (QED) is 0.786. The van der Waals surface area contributed by atoms with E-state index in [-0.39, 0.29) is 22.9 Å². The van der Waals surface area contributed by atoms with Crippen LogP contribution in [0, 0.1) is 0 Å². The highest BCUT2D eigenvalue weighted by atomic mass is 19.4. The fourth-order valence-corrected chi connectivity index (χ4v) is 2.16. The van der Waals surface area contributed by atoms with Crippen molar-refractivity contribution in [2.24, 2.45) is 0 Å². The lowest BCUT2D eigenvalue weighted by Gasteiger charge is -2.10. The molecule has 0 spiro atoms. The first kappa shape index (κ1) is 15.7. The third kappa shape index (κ3) is 2.98. The minimum absolute atomic E-state index is 0.00754. The molecular formula is C14H9F3N4O3. The molecule has 0 aliphatic rings. The van der Waals surface area contributed by atoms with Crippen LogP contribution in [-0.4, -0.2) is 31.3 Å². The van der Waals surface area contributed by atoms with E-state index in [0.717, 1.165) is 10.7 Å². The Kier molecular flexibility index (Phi) is 3.80. The first-order valence-corrected chi connectivity index (χ1v) is 6.61. The molecule has 0 aliphatic heterocycles. The zero-order chi connectivity index (χ0) is 17.3. The van der Waals surface area contributed by atoms with Gasteiger partial charge in [-0.1, -0.05) is 18.2 Å². The molecule has 0 atom stereocenters. The average molecular weight is 338 g/mol. The summed E-state index contributed by atoms with van der Waals surface area (Å²) in [7, 11) is 0. The van der Waals surface area contributed by atoms with Gasteiger partial charge in [-0.05, 0) is 28.6 Å². The minimum Gasteiger partial charge on any atom is -0.480 e. The summed E-state index contributed by atoms with van der Waals surface area (Å²) in [5, 5.41) is 19.3. The Labute approximate surface area is 132 Å². The Balaban J connectivity index is 2.01. The highest BCUT2D eigenvalue weighted by Gasteiger charge is 2.34. The van der Waals surface area contributed by atoms with Crippen LogP contribution in [0.1, 0.15) is 5.56 Å². The number of aromatic nitrogens is 4. The van der Waals surface area contributed by atoms with Crippen molar-refractivity contribution in [1.29, 1.82) is 0 Å².